The van der Waals surface area contributed by atoms with E-state index in [0.29, 0.717) is 23.9 Å². The highest BCUT2D eigenvalue weighted by Crippen LogP contribution is 2.26. The van der Waals surface area contributed by atoms with Crippen LogP contribution in [-0.4, -0.2) is 11.5 Å². The summed E-state index contributed by atoms with van der Waals surface area (Å²) in [6.07, 6.45) is 0. The number of para-hydroxylation sites is 1. The van der Waals surface area contributed by atoms with Crippen LogP contribution < -0.4 is 16.2 Å². The number of anilines is 3. The summed E-state index contributed by atoms with van der Waals surface area (Å²) in [7, 11) is 0. The first-order valence-electron chi connectivity index (χ1n) is 5.72. The van der Waals surface area contributed by atoms with Crippen molar-refractivity contribution in [2.45, 2.75) is 6.92 Å². The summed E-state index contributed by atoms with van der Waals surface area (Å²) < 4.78 is 13.8. The Morgan fingerprint density at radius 3 is 2.67 bits per heavy atom. The Balaban J connectivity index is 2.42. The van der Waals surface area contributed by atoms with Crippen molar-refractivity contribution in [3.8, 4) is 0 Å². The largest absolute Gasteiger partial charge is 0.324 e. The summed E-state index contributed by atoms with van der Waals surface area (Å²) in [6, 6.07) is 12.0. The van der Waals surface area contributed by atoms with E-state index in [2.05, 4.69) is 10.4 Å². The second-order valence-electron chi connectivity index (χ2n) is 3.72. The van der Waals surface area contributed by atoms with E-state index in [0.717, 1.165) is 0 Å². The monoisotopic (exact) mass is 246 g/mol. The maximum atomic E-state index is 13.8. The minimum Gasteiger partial charge on any atom is -0.324 e. The molecule has 0 unspecified atom stereocenters. The summed E-state index contributed by atoms with van der Waals surface area (Å²) in [6.45, 7) is 2.55. The Morgan fingerprint density at radius 1 is 1.22 bits per heavy atom. The quantitative estimate of drug-likeness (QED) is 0.643. The number of hydrogen-bond acceptors (Lipinski definition) is 4. The highest BCUT2D eigenvalue weighted by atomic mass is 19.1. The average molecular weight is 246 g/mol. The van der Waals surface area contributed by atoms with Crippen LogP contribution in [0.5, 0.6) is 0 Å². The lowest BCUT2D eigenvalue weighted by atomic mass is 10.2. The first-order chi connectivity index (χ1) is 8.76. The topological polar surface area (TPSA) is 54.2 Å². The predicted octanol–water partition coefficient (Wildman–Crippen LogP) is 2.66. The van der Waals surface area contributed by atoms with Gasteiger partial charge >= 0.3 is 0 Å². The lowest BCUT2D eigenvalue weighted by Crippen LogP contribution is -2.19. The molecule has 4 nitrogen and oxygen atoms in total. The van der Waals surface area contributed by atoms with Gasteiger partial charge in [-0.15, -0.1) is 0 Å². The van der Waals surface area contributed by atoms with Crippen molar-refractivity contribution in [2.24, 2.45) is 5.84 Å². The number of hydrazine groups is 1. The molecule has 0 aliphatic heterocycles. The van der Waals surface area contributed by atoms with Crippen LogP contribution >= 0.6 is 0 Å². The van der Waals surface area contributed by atoms with Crippen molar-refractivity contribution in [3.63, 3.8) is 0 Å². The summed E-state index contributed by atoms with van der Waals surface area (Å²) >= 11 is 0. The van der Waals surface area contributed by atoms with Gasteiger partial charge in [-0.2, -0.15) is 0 Å². The zero-order valence-corrected chi connectivity index (χ0v) is 10.1. The molecule has 0 spiro atoms. The molecule has 0 bridgehead atoms. The Hall–Kier alpha value is -2.14. The van der Waals surface area contributed by atoms with Crippen molar-refractivity contribution < 1.29 is 4.39 Å². The molecule has 0 saturated carbocycles. The molecule has 1 aromatic carbocycles. The minimum atomic E-state index is -0.271. The van der Waals surface area contributed by atoms with Gasteiger partial charge in [-0.25, -0.2) is 15.2 Å². The summed E-state index contributed by atoms with van der Waals surface area (Å²) in [5.74, 6) is 6.25. The molecule has 0 saturated heterocycles. The molecule has 0 atom stereocenters. The molecule has 2 aromatic rings. The van der Waals surface area contributed by atoms with Gasteiger partial charge in [-0.05, 0) is 31.2 Å². The Kier molecular flexibility index (Phi) is 3.74. The van der Waals surface area contributed by atoms with E-state index in [1.165, 1.54) is 6.07 Å². The van der Waals surface area contributed by atoms with E-state index in [1.807, 2.05) is 19.1 Å². The van der Waals surface area contributed by atoms with E-state index in [-0.39, 0.29) is 5.82 Å². The molecule has 0 aliphatic carbocycles. The molecule has 2 rings (SSSR count). The number of halogens is 1. The van der Waals surface area contributed by atoms with Crippen molar-refractivity contribution in [2.75, 3.05) is 16.9 Å². The van der Waals surface area contributed by atoms with Crippen molar-refractivity contribution >= 4 is 17.3 Å². The number of aromatic nitrogens is 1. The first kappa shape index (κ1) is 12.3. The third-order valence-electron chi connectivity index (χ3n) is 2.62. The zero-order valence-electron chi connectivity index (χ0n) is 10.1. The number of nitrogens with two attached hydrogens (primary N) is 1. The molecule has 1 heterocycles. The number of nitrogen functional groups attached to an aromatic ring is 1. The molecule has 0 fully saturated rings. The van der Waals surface area contributed by atoms with Crippen molar-refractivity contribution in [3.05, 3.63) is 48.3 Å². The van der Waals surface area contributed by atoms with Gasteiger partial charge in [0.2, 0.25) is 0 Å². The zero-order chi connectivity index (χ0) is 13.0. The number of nitrogens with zero attached hydrogens (tertiary/aromatic N) is 2. The molecule has 1 aromatic heterocycles. The van der Waals surface area contributed by atoms with E-state index < -0.39 is 0 Å². The smallest absolute Gasteiger partial charge is 0.146 e. The van der Waals surface area contributed by atoms with E-state index in [9.17, 15) is 4.39 Å². The fraction of sp³-hybridized carbons (Fsp3) is 0.154. The SMILES string of the molecule is CCN(c1cccc(NN)n1)c1ccccc1F. The van der Waals surface area contributed by atoms with Gasteiger partial charge in [0.1, 0.15) is 17.5 Å². The maximum Gasteiger partial charge on any atom is 0.146 e. The predicted molar refractivity (Wildman–Crippen MR) is 71.1 cm³/mol. The van der Waals surface area contributed by atoms with Gasteiger partial charge in [0, 0.05) is 6.54 Å². The molecular weight excluding hydrogens is 231 g/mol. The molecule has 3 N–H and O–H groups in total. The van der Waals surface area contributed by atoms with E-state index in [4.69, 9.17) is 5.84 Å². The Labute approximate surface area is 105 Å². The molecule has 0 aliphatic rings. The van der Waals surface area contributed by atoms with Crippen molar-refractivity contribution in [1.82, 2.24) is 4.98 Å². The normalized spacial score (nSPS) is 10.2. The minimum absolute atomic E-state index is 0.271. The number of rotatable bonds is 4. The standard InChI is InChI=1S/C13H15FN4/c1-2-18(11-7-4-3-6-10(11)14)13-9-5-8-12(16-13)17-15/h3-9H,2,15H2,1H3,(H,16,17). The highest BCUT2D eigenvalue weighted by molar-refractivity contribution is 5.61. The highest BCUT2D eigenvalue weighted by Gasteiger charge is 2.12. The van der Waals surface area contributed by atoms with Crippen LogP contribution in [-0.2, 0) is 0 Å². The molecule has 0 radical (unpaired) electrons. The average Bonchev–Trinajstić information content (AvgIpc) is 2.42. The van der Waals surface area contributed by atoms with E-state index in [1.54, 1.807) is 29.2 Å². The van der Waals surface area contributed by atoms with Crippen LogP contribution in [0.3, 0.4) is 0 Å². The fourth-order valence-corrected chi connectivity index (χ4v) is 1.78. The van der Waals surface area contributed by atoms with Gasteiger partial charge in [0.05, 0.1) is 5.69 Å². The first-order valence-corrected chi connectivity index (χ1v) is 5.72. The maximum absolute atomic E-state index is 13.8. The lowest BCUT2D eigenvalue weighted by molar-refractivity contribution is 0.625. The van der Waals surface area contributed by atoms with Crippen LogP contribution in [0.25, 0.3) is 0 Å². The molecule has 94 valence electrons. The van der Waals surface area contributed by atoms with E-state index >= 15 is 0 Å². The van der Waals surface area contributed by atoms with Gasteiger partial charge in [0.25, 0.3) is 0 Å². The fourth-order valence-electron chi connectivity index (χ4n) is 1.78. The number of nitrogens with one attached hydrogen (secondary N) is 1. The van der Waals surface area contributed by atoms with Crippen molar-refractivity contribution in [1.29, 1.82) is 0 Å². The lowest BCUT2D eigenvalue weighted by Gasteiger charge is -2.22. The molecule has 5 heteroatoms. The van der Waals surface area contributed by atoms with Crippen LogP contribution in [0, 0.1) is 5.82 Å². The Morgan fingerprint density at radius 2 is 2.00 bits per heavy atom. The summed E-state index contributed by atoms with van der Waals surface area (Å²) in [4.78, 5) is 6.09. The Bertz CT molecular complexity index is 530. The van der Waals surface area contributed by atoms with Crippen LogP contribution in [0.4, 0.5) is 21.7 Å². The number of benzene rings is 1. The third kappa shape index (κ3) is 2.41. The summed E-state index contributed by atoms with van der Waals surface area (Å²) in [5.41, 5.74) is 2.98. The van der Waals surface area contributed by atoms with Gasteiger partial charge in [-0.1, -0.05) is 18.2 Å². The second-order valence-corrected chi connectivity index (χ2v) is 3.72. The van der Waals surface area contributed by atoms with Crippen LogP contribution in [0.1, 0.15) is 6.92 Å². The van der Waals surface area contributed by atoms with Crippen LogP contribution in [0.15, 0.2) is 42.5 Å². The molecular formula is C13H15FN4. The molecule has 0 amide bonds. The number of hydrogen-bond donors (Lipinski definition) is 2. The van der Waals surface area contributed by atoms with Gasteiger partial charge < -0.3 is 10.3 Å². The number of pyridine rings is 1. The second kappa shape index (κ2) is 5.46. The third-order valence-corrected chi connectivity index (χ3v) is 2.62. The van der Waals surface area contributed by atoms with Crippen LogP contribution in [0.2, 0.25) is 0 Å². The summed E-state index contributed by atoms with van der Waals surface area (Å²) in [5, 5.41) is 0. The van der Waals surface area contributed by atoms with Gasteiger partial charge in [0.15, 0.2) is 0 Å². The van der Waals surface area contributed by atoms with Gasteiger partial charge in [-0.3, -0.25) is 0 Å². The molecule has 18 heavy (non-hydrogen) atoms.